The fourth-order valence-electron chi connectivity index (χ4n) is 1.61. The summed E-state index contributed by atoms with van der Waals surface area (Å²) >= 11 is 12.2. The SMILES string of the molecule is CC(C)(C)c1cc(-c2ccccc2Cl)nc(Cl)n1. The summed E-state index contributed by atoms with van der Waals surface area (Å²) in [7, 11) is 0. The van der Waals surface area contributed by atoms with Gasteiger partial charge in [-0.3, -0.25) is 0 Å². The molecule has 0 amide bonds. The Labute approximate surface area is 117 Å². The van der Waals surface area contributed by atoms with Crippen molar-refractivity contribution < 1.29 is 0 Å². The average Bonchev–Trinajstić information content (AvgIpc) is 2.27. The Hall–Kier alpha value is -1.12. The second kappa shape index (κ2) is 4.87. The number of benzene rings is 1. The van der Waals surface area contributed by atoms with Gasteiger partial charge in [-0.1, -0.05) is 50.6 Å². The molecule has 0 aliphatic rings. The van der Waals surface area contributed by atoms with Gasteiger partial charge in [-0.2, -0.15) is 0 Å². The Kier molecular flexibility index (Phi) is 3.60. The van der Waals surface area contributed by atoms with Crippen molar-refractivity contribution in [3.8, 4) is 11.3 Å². The summed E-state index contributed by atoms with van der Waals surface area (Å²) in [6.07, 6.45) is 0. The van der Waals surface area contributed by atoms with Crippen LogP contribution in [-0.4, -0.2) is 9.97 Å². The molecule has 0 saturated carbocycles. The molecule has 0 fully saturated rings. The maximum absolute atomic E-state index is 6.17. The first-order chi connectivity index (χ1) is 8.38. The van der Waals surface area contributed by atoms with Crippen molar-refractivity contribution in [1.29, 1.82) is 0 Å². The number of nitrogens with zero attached hydrogens (tertiary/aromatic N) is 2. The summed E-state index contributed by atoms with van der Waals surface area (Å²) in [4.78, 5) is 8.52. The second-order valence-corrected chi connectivity index (χ2v) is 5.88. The molecule has 0 radical (unpaired) electrons. The van der Waals surface area contributed by atoms with Gasteiger partial charge in [0.1, 0.15) is 0 Å². The van der Waals surface area contributed by atoms with Crippen LogP contribution in [0.3, 0.4) is 0 Å². The van der Waals surface area contributed by atoms with Crippen molar-refractivity contribution in [3.05, 3.63) is 46.3 Å². The van der Waals surface area contributed by atoms with Crippen molar-refractivity contribution in [1.82, 2.24) is 9.97 Å². The van der Waals surface area contributed by atoms with Crippen LogP contribution in [-0.2, 0) is 5.41 Å². The lowest BCUT2D eigenvalue weighted by atomic mass is 9.91. The van der Waals surface area contributed by atoms with Crippen LogP contribution in [0.25, 0.3) is 11.3 Å². The second-order valence-electron chi connectivity index (χ2n) is 5.14. The molecule has 0 bridgehead atoms. The van der Waals surface area contributed by atoms with Gasteiger partial charge in [0.05, 0.1) is 11.4 Å². The van der Waals surface area contributed by atoms with Crippen LogP contribution in [0.1, 0.15) is 26.5 Å². The van der Waals surface area contributed by atoms with Crippen molar-refractivity contribution >= 4 is 23.2 Å². The minimum atomic E-state index is -0.0808. The van der Waals surface area contributed by atoms with E-state index >= 15 is 0 Å². The molecule has 0 spiro atoms. The van der Waals surface area contributed by atoms with Gasteiger partial charge in [0, 0.05) is 16.0 Å². The van der Waals surface area contributed by atoms with Crippen molar-refractivity contribution in [2.75, 3.05) is 0 Å². The first-order valence-electron chi connectivity index (χ1n) is 5.68. The molecule has 2 rings (SSSR count). The van der Waals surface area contributed by atoms with Crippen LogP contribution in [0.15, 0.2) is 30.3 Å². The fourth-order valence-corrected chi connectivity index (χ4v) is 2.02. The lowest BCUT2D eigenvalue weighted by Gasteiger charge is -2.18. The van der Waals surface area contributed by atoms with Crippen molar-refractivity contribution in [2.45, 2.75) is 26.2 Å². The standard InChI is InChI=1S/C14H14Cl2N2/c1-14(2,3)12-8-11(17-13(16)18-12)9-6-4-5-7-10(9)15/h4-8H,1-3H3. The average molecular weight is 281 g/mol. The zero-order chi connectivity index (χ0) is 13.3. The third-order valence-corrected chi connectivity index (χ3v) is 3.12. The van der Waals surface area contributed by atoms with E-state index in [2.05, 4.69) is 30.7 Å². The molecule has 0 unspecified atom stereocenters. The highest BCUT2D eigenvalue weighted by atomic mass is 35.5. The topological polar surface area (TPSA) is 25.8 Å². The highest BCUT2D eigenvalue weighted by molar-refractivity contribution is 6.33. The molecular weight excluding hydrogens is 267 g/mol. The Morgan fingerprint density at radius 3 is 2.28 bits per heavy atom. The van der Waals surface area contributed by atoms with Crippen LogP contribution in [0.5, 0.6) is 0 Å². The van der Waals surface area contributed by atoms with Crippen molar-refractivity contribution in [2.24, 2.45) is 0 Å². The zero-order valence-electron chi connectivity index (χ0n) is 10.5. The van der Waals surface area contributed by atoms with E-state index in [0.717, 1.165) is 17.0 Å². The van der Waals surface area contributed by atoms with Gasteiger partial charge in [0.15, 0.2) is 0 Å². The molecular formula is C14H14Cl2N2. The van der Waals surface area contributed by atoms with Gasteiger partial charge in [0.25, 0.3) is 0 Å². The van der Waals surface area contributed by atoms with Crippen LogP contribution in [0.4, 0.5) is 0 Å². The Balaban J connectivity index is 2.60. The largest absolute Gasteiger partial charge is 0.223 e. The van der Waals surface area contributed by atoms with Crippen LogP contribution >= 0.6 is 23.2 Å². The van der Waals surface area contributed by atoms with E-state index in [1.54, 1.807) is 0 Å². The van der Waals surface area contributed by atoms with Gasteiger partial charge >= 0.3 is 0 Å². The highest BCUT2D eigenvalue weighted by Gasteiger charge is 2.18. The minimum Gasteiger partial charge on any atom is -0.222 e. The molecule has 1 heterocycles. The highest BCUT2D eigenvalue weighted by Crippen LogP contribution is 2.30. The molecule has 1 aromatic heterocycles. The van der Waals surface area contributed by atoms with Crippen LogP contribution in [0.2, 0.25) is 10.3 Å². The molecule has 1 aromatic carbocycles. The minimum absolute atomic E-state index is 0.0808. The first-order valence-corrected chi connectivity index (χ1v) is 6.43. The molecule has 94 valence electrons. The number of rotatable bonds is 1. The van der Waals surface area contributed by atoms with Gasteiger partial charge in [0.2, 0.25) is 5.28 Å². The van der Waals surface area contributed by atoms with Crippen molar-refractivity contribution in [3.63, 3.8) is 0 Å². The number of hydrogen-bond acceptors (Lipinski definition) is 2. The number of halogens is 2. The first kappa shape index (κ1) is 13.3. The fraction of sp³-hybridized carbons (Fsp3) is 0.286. The summed E-state index contributed by atoms with van der Waals surface area (Å²) in [5.74, 6) is 0. The summed E-state index contributed by atoms with van der Waals surface area (Å²) in [6.45, 7) is 6.26. The summed E-state index contributed by atoms with van der Waals surface area (Å²) in [6, 6.07) is 9.51. The molecule has 0 atom stereocenters. The molecule has 2 aromatic rings. The molecule has 18 heavy (non-hydrogen) atoms. The van der Waals surface area contributed by atoms with E-state index in [-0.39, 0.29) is 10.7 Å². The van der Waals surface area contributed by atoms with Crippen LogP contribution in [0, 0.1) is 0 Å². The Morgan fingerprint density at radius 1 is 1.00 bits per heavy atom. The maximum atomic E-state index is 6.17. The van der Waals surface area contributed by atoms with Gasteiger partial charge in [-0.05, 0) is 23.7 Å². The van der Waals surface area contributed by atoms with E-state index in [0.29, 0.717) is 5.02 Å². The third kappa shape index (κ3) is 2.82. The van der Waals surface area contributed by atoms with E-state index in [9.17, 15) is 0 Å². The quantitative estimate of drug-likeness (QED) is 0.705. The molecule has 0 saturated heterocycles. The molecule has 4 heteroatoms. The lowest BCUT2D eigenvalue weighted by molar-refractivity contribution is 0.567. The van der Waals surface area contributed by atoms with Gasteiger partial charge in [-0.15, -0.1) is 0 Å². The molecule has 0 aliphatic carbocycles. The predicted molar refractivity (Wildman–Crippen MR) is 76.2 cm³/mol. The molecule has 0 N–H and O–H groups in total. The summed E-state index contributed by atoms with van der Waals surface area (Å²) in [5, 5.41) is 0.907. The third-order valence-electron chi connectivity index (χ3n) is 2.62. The van der Waals surface area contributed by atoms with Crippen LogP contribution < -0.4 is 0 Å². The van der Waals surface area contributed by atoms with Gasteiger partial charge < -0.3 is 0 Å². The molecule has 2 nitrogen and oxygen atoms in total. The Bertz CT molecular complexity index is 574. The normalized spacial score (nSPS) is 11.6. The van der Waals surface area contributed by atoms with Gasteiger partial charge in [-0.25, -0.2) is 9.97 Å². The number of hydrogen-bond donors (Lipinski definition) is 0. The predicted octanol–water partition coefficient (Wildman–Crippen LogP) is 4.75. The summed E-state index contributed by atoms with van der Waals surface area (Å²) in [5.41, 5.74) is 2.44. The monoisotopic (exact) mass is 280 g/mol. The maximum Gasteiger partial charge on any atom is 0.223 e. The van der Waals surface area contributed by atoms with E-state index in [1.807, 2.05) is 30.3 Å². The lowest BCUT2D eigenvalue weighted by Crippen LogP contribution is -2.14. The van der Waals surface area contributed by atoms with E-state index < -0.39 is 0 Å². The smallest absolute Gasteiger partial charge is 0.222 e. The zero-order valence-corrected chi connectivity index (χ0v) is 12.0. The number of aromatic nitrogens is 2. The van der Waals surface area contributed by atoms with E-state index in [4.69, 9.17) is 23.2 Å². The summed E-state index contributed by atoms with van der Waals surface area (Å²) < 4.78 is 0. The molecule has 0 aliphatic heterocycles. The van der Waals surface area contributed by atoms with E-state index in [1.165, 1.54) is 0 Å². The Morgan fingerprint density at radius 2 is 1.67 bits per heavy atom.